The van der Waals surface area contributed by atoms with Crippen LogP contribution in [0, 0.1) is 0 Å². The van der Waals surface area contributed by atoms with Crippen molar-refractivity contribution in [2.45, 2.75) is 6.10 Å². The number of hydrogen-bond acceptors (Lipinski definition) is 4. The third kappa shape index (κ3) is 4.69. The molecule has 0 N–H and O–H groups in total. The standard InChI is InChI=1S/C6H14O4/c1-7-4-6(8-2)5-10-9-3/h6H,4-5H2,1-3H3. The summed E-state index contributed by atoms with van der Waals surface area (Å²) in [6, 6.07) is 0. The van der Waals surface area contributed by atoms with Gasteiger partial charge in [0.05, 0.1) is 13.7 Å². The second-order valence-corrected chi connectivity index (χ2v) is 1.76. The monoisotopic (exact) mass is 150 g/mol. The predicted octanol–water partition coefficient (Wildman–Crippen LogP) is 0.226. The van der Waals surface area contributed by atoms with E-state index >= 15 is 0 Å². The van der Waals surface area contributed by atoms with Gasteiger partial charge in [-0.15, -0.1) is 0 Å². The third-order valence-electron chi connectivity index (χ3n) is 1.06. The summed E-state index contributed by atoms with van der Waals surface area (Å²) in [5.74, 6) is 0. The second-order valence-electron chi connectivity index (χ2n) is 1.76. The maximum atomic E-state index is 4.96. The molecule has 0 aliphatic carbocycles. The van der Waals surface area contributed by atoms with Gasteiger partial charge in [0.25, 0.3) is 0 Å². The molecule has 62 valence electrons. The molecule has 0 saturated carbocycles. The van der Waals surface area contributed by atoms with Crippen molar-refractivity contribution >= 4 is 0 Å². The van der Waals surface area contributed by atoms with Crippen LogP contribution in [0.2, 0.25) is 0 Å². The highest BCUT2D eigenvalue weighted by molar-refractivity contribution is 4.50. The molecular weight excluding hydrogens is 136 g/mol. The van der Waals surface area contributed by atoms with Crippen molar-refractivity contribution < 1.29 is 19.2 Å². The van der Waals surface area contributed by atoms with Crippen LogP contribution in [-0.2, 0) is 19.2 Å². The molecule has 0 aromatic rings. The van der Waals surface area contributed by atoms with Crippen LogP contribution < -0.4 is 0 Å². The van der Waals surface area contributed by atoms with Gasteiger partial charge in [0.2, 0.25) is 0 Å². The lowest BCUT2D eigenvalue weighted by Gasteiger charge is -2.12. The highest BCUT2D eigenvalue weighted by Gasteiger charge is 2.05. The quantitative estimate of drug-likeness (QED) is 0.401. The van der Waals surface area contributed by atoms with Crippen molar-refractivity contribution in [3.05, 3.63) is 0 Å². The lowest BCUT2D eigenvalue weighted by molar-refractivity contribution is -0.287. The number of methoxy groups -OCH3 is 2. The van der Waals surface area contributed by atoms with Gasteiger partial charge in [-0.3, -0.25) is 0 Å². The highest BCUT2D eigenvalue weighted by atomic mass is 17.2. The minimum Gasteiger partial charge on any atom is -0.382 e. The summed E-state index contributed by atoms with van der Waals surface area (Å²) in [5, 5.41) is 0. The Labute approximate surface area is 60.9 Å². The largest absolute Gasteiger partial charge is 0.382 e. The first-order valence-electron chi connectivity index (χ1n) is 3.02. The summed E-state index contributed by atoms with van der Waals surface area (Å²) >= 11 is 0. The van der Waals surface area contributed by atoms with E-state index in [0.29, 0.717) is 13.2 Å². The van der Waals surface area contributed by atoms with E-state index in [-0.39, 0.29) is 6.10 Å². The van der Waals surface area contributed by atoms with Crippen LogP contribution in [-0.4, -0.2) is 40.6 Å². The molecule has 4 nitrogen and oxygen atoms in total. The minimum absolute atomic E-state index is 0.0510. The molecule has 0 bridgehead atoms. The van der Waals surface area contributed by atoms with Crippen LogP contribution in [0.4, 0.5) is 0 Å². The molecule has 1 atom stereocenters. The van der Waals surface area contributed by atoms with Crippen LogP contribution in [0.5, 0.6) is 0 Å². The van der Waals surface area contributed by atoms with Gasteiger partial charge in [-0.1, -0.05) is 0 Å². The van der Waals surface area contributed by atoms with Crippen LogP contribution in [0.15, 0.2) is 0 Å². The first-order chi connectivity index (χ1) is 4.85. The van der Waals surface area contributed by atoms with Crippen molar-refractivity contribution in [1.82, 2.24) is 0 Å². The predicted molar refractivity (Wildman–Crippen MR) is 35.6 cm³/mol. The van der Waals surface area contributed by atoms with Gasteiger partial charge in [0.15, 0.2) is 0 Å². The molecule has 0 aromatic heterocycles. The summed E-state index contributed by atoms with van der Waals surface area (Å²) in [6.07, 6.45) is -0.0510. The zero-order chi connectivity index (χ0) is 7.82. The SMILES string of the molecule is COCC(COOC)OC. The maximum Gasteiger partial charge on any atom is 0.111 e. The molecule has 1 unspecified atom stereocenters. The molecular formula is C6H14O4. The minimum atomic E-state index is -0.0510. The number of ether oxygens (including phenoxy) is 2. The van der Waals surface area contributed by atoms with Crippen LogP contribution in [0.3, 0.4) is 0 Å². The summed E-state index contributed by atoms with van der Waals surface area (Å²) in [7, 11) is 4.67. The Hall–Kier alpha value is -0.160. The van der Waals surface area contributed by atoms with E-state index < -0.39 is 0 Å². The summed E-state index contributed by atoms with van der Waals surface area (Å²) in [5.41, 5.74) is 0. The lowest BCUT2D eigenvalue weighted by atomic mass is 10.4. The average Bonchev–Trinajstić information content (AvgIpc) is 1.98. The molecule has 0 amide bonds. The molecule has 0 aliphatic heterocycles. The summed E-state index contributed by atoms with van der Waals surface area (Å²) < 4.78 is 9.79. The van der Waals surface area contributed by atoms with E-state index in [1.54, 1.807) is 14.2 Å². The fraction of sp³-hybridized carbons (Fsp3) is 1.00. The number of hydrogen-bond donors (Lipinski definition) is 0. The Balaban J connectivity index is 3.21. The normalized spacial score (nSPS) is 13.5. The molecule has 0 aromatic carbocycles. The van der Waals surface area contributed by atoms with E-state index in [1.165, 1.54) is 7.11 Å². The Morgan fingerprint density at radius 2 is 1.80 bits per heavy atom. The van der Waals surface area contributed by atoms with Gasteiger partial charge in [-0.2, -0.15) is 0 Å². The molecule has 0 heterocycles. The van der Waals surface area contributed by atoms with E-state index in [2.05, 4.69) is 9.78 Å². The van der Waals surface area contributed by atoms with Crippen LogP contribution >= 0.6 is 0 Å². The zero-order valence-electron chi connectivity index (χ0n) is 6.62. The Bertz CT molecular complexity index is 66.8. The zero-order valence-corrected chi connectivity index (χ0v) is 6.62. The number of rotatable bonds is 6. The van der Waals surface area contributed by atoms with Crippen molar-refractivity contribution in [3.8, 4) is 0 Å². The summed E-state index contributed by atoms with van der Waals surface area (Å²) in [6.45, 7) is 0.903. The van der Waals surface area contributed by atoms with E-state index in [9.17, 15) is 0 Å². The fourth-order valence-electron chi connectivity index (χ4n) is 0.514. The van der Waals surface area contributed by atoms with E-state index in [4.69, 9.17) is 9.47 Å². The summed E-state index contributed by atoms with van der Waals surface area (Å²) in [4.78, 5) is 9.02. The van der Waals surface area contributed by atoms with Crippen molar-refractivity contribution in [2.75, 3.05) is 34.5 Å². The molecule has 0 aliphatic rings. The van der Waals surface area contributed by atoms with Gasteiger partial charge >= 0.3 is 0 Å². The Kier molecular flexibility index (Phi) is 6.84. The van der Waals surface area contributed by atoms with Crippen LogP contribution in [0.1, 0.15) is 0 Å². The molecule has 10 heavy (non-hydrogen) atoms. The van der Waals surface area contributed by atoms with Gasteiger partial charge < -0.3 is 9.47 Å². The van der Waals surface area contributed by atoms with Crippen molar-refractivity contribution in [2.24, 2.45) is 0 Å². The van der Waals surface area contributed by atoms with E-state index in [1.807, 2.05) is 0 Å². The topological polar surface area (TPSA) is 36.9 Å². The molecule has 0 rings (SSSR count). The van der Waals surface area contributed by atoms with Crippen LogP contribution in [0.25, 0.3) is 0 Å². The smallest absolute Gasteiger partial charge is 0.111 e. The van der Waals surface area contributed by atoms with Gasteiger partial charge in [-0.25, -0.2) is 9.78 Å². The molecule has 0 radical (unpaired) electrons. The average molecular weight is 150 g/mol. The Morgan fingerprint density at radius 3 is 2.20 bits per heavy atom. The molecule has 0 fully saturated rings. The highest BCUT2D eigenvalue weighted by Crippen LogP contribution is 1.91. The molecule has 4 heteroatoms. The van der Waals surface area contributed by atoms with Crippen molar-refractivity contribution in [1.29, 1.82) is 0 Å². The van der Waals surface area contributed by atoms with E-state index in [0.717, 1.165) is 0 Å². The fourth-order valence-corrected chi connectivity index (χ4v) is 0.514. The molecule has 0 saturated heterocycles. The van der Waals surface area contributed by atoms with Gasteiger partial charge in [0, 0.05) is 14.2 Å². The third-order valence-corrected chi connectivity index (χ3v) is 1.06. The maximum absolute atomic E-state index is 4.96. The first-order valence-corrected chi connectivity index (χ1v) is 3.02. The van der Waals surface area contributed by atoms with Crippen molar-refractivity contribution in [3.63, 3.8) is 0 Å². The molecule has 0 spiro atoms. The van der Waals surface area contributed by atoms with Gasteiger partial charge in [0.1, 0.15) is 12.7 Å². The lowest BCUT2D eigenvalue weighted by Crippen LogP contribution is -2.23. The van der Waals surface area contributed by atoms with Gasteiger partial charge in [-0.05, 0) is 0 Å². The first kappa shape index (κ1) is 9.84. The Morgan fingerprint density at radius 1 is 1.10 bits per heavy atom. The second kappa shape index (κ2) is 6.95.